The number of nitrogens with zero attached hydrogens (tertiary/aromatic N) is 1. The van der Waals surface area contributed by atoms with Gasteiger partial charge >= 0.3 is 0 Å². The third-order valence-corrected chi connectivity index (χ3v) is 8.66. The maximum atomic E-state index is 12.7. The SMILES string of the molecule is CC(C)(C)[S+]([O-])N[C@@H]1CC=C[C@@H](CN2CCOCC2)CS[C@H]2O[C@H]1[C@H](O)[C@H](O)[C@H]2O. The molecule has 0 saturated carbocycles. The molecule has 0 amide bonds. The minimum atomic E-state index is -1.37. The molecule has 1 unspecified atom stereocenters. The number of aliphatic hydroxyl groups is 3. The summed E-state index contributed by atoms with van der Waals surface area (Å²) in [5.74, 6) is 0.982. The first-order chi connectivity index (χ1) is 14.2. The molecule has 3 aliphatic heterocycles. The molecule has 10 heteroatoms. The first-order valence-corrected chi connectivity index (χ1v) is 12.8. The second kappa shape index (κ2) is 10.8. The summed E-state index contributed by atoms with van der Waals surface area (Å²) in [6.45, 7) is 9.80. The fraction of sp³-hybridized carbons (Fsp3) is 0.900. The molecule has 2 saturated heterocycles. The number of ether oxygens (including phenoxy) is 2. The third kappa shape index (κ3) is 6.34. The van der Waals surface area contributed by atoms with Crippen LogP contribution < -0.4 is 4.72 Å². The molecule has 0 radical (unpaired) electrons. The molecular weight excluding hydrogens is 428 g/mol. The van der Waals surface area contributed by atoms with Crippen LogP contribution in [-0.2, 0) is 20.8 Å². The van der Waals surface area contributed by atoms with Gasteiger partial charge in [0.1, 0.15) is 34.6 Å². The van der Waals surface area contributed by atoms with E-state index in [1.54, 1.807) is 0 Å². The second-order valence-corrected chi connectivity index (χ2v) is 12.3. The van der Waals surface area contributed by atoms with Crippen LogP contribution in [0.5, 0.6) is 0 Å². The lowest BCUT2D eigenvalue weighted by molar-refractivity contribution is -0.203. The van der Waals surface area contributed by atoms with Gasteiger partial charge in [-0.25, -0.2) is 0 Å². The van der Waals surface area contributed by atoms with Crippen LogP contribution in [0.15, 0.2) is 12.2 Å². The average molecular weight is 465 g/mol. The number of hydrogen-bond donors (Lipinski definition) is 4. The van der Waals surface area contributed by atoms with E-state index in [0.717, 1.165) is 38.6 Å². The monoisotopic (exact) mass is 464 g/mol. The Balaban J connectivity index is 1.77. The maximum Gasteiger partial charge on any atom is 0.136 e. The fourth-order valence-corrected chi connectivity index (χ4v) is 5.91. The Morgan fingerprint density at radius 1 is 1.17 bits per heavy atom. The standard InChI is InChI=1S/C20H36N2O6S2/c1-20(2,3)30(26)21-14-6-4-5-13(11-22-7-9-27-10-8-22)12-29-19-17(25)15(23)16(24)18(14)28-19/h4-5,13-19,21,23-25H,6-12H2,1-3H3/t13-,14+,15-,16+,17+,18+,19+,30?/m0/s1. The van der Waals surface area contributed by atoms with Crippen LogP contribution in [-0.4, -0.2) is 104 Å². The largest absolute Gasteiger partial charge is 0.598 e. The Hall–Kier alpha value is 0.120. The Bertz CT molecular complexity index is 572. The molecule has 174 valence electrons. The highest BCUT2D eigenvalue weighted by Gasteiger charge is 2.48. The quantitative estimate of drug-likeness (QED) is 0.333. The molecule has 0 aromatic carbocycles. The highest BCUT2D eigenvalue weighted by molar-refractivity contribution is 7.99. The molecule has 3 rings (SSSR count). The molecule has 3 heterocycles. The molecule has 8 atom stereocenters. The fourth-order valence-electron chi connectivity index (χ4n) is 3.83. The van der Waals surface area contributed by atoms with E-state index >= 15 is 0 Å². The van der Waals surface area contributed by atoms with Crippen molar-refractivity contribution in [3.05, 3.63) is 12.2 Å². The van der Waals surface area contributed by atoms with Crippen LogP contribution in [0.4, 0.5) is 0 Å². The molecule has 2 bridgehead atoms. The summed E-state index contributed by atoms with van der Waals surface area (Å²) in [5.41, 5.74) is -0.653. The van der Waals surface area contributed by atoms with Crippen molar-refractivity contribution in [3.8, 4) is 0 Å². The van der Waals surface area contributed by atoms with Gasteiger partial charge in [0.05, 0.1) is 19.3 Å². The van der Waals surface area contributed by atoms with Crippen molar-refractivity contribution in [2.75, 3.05) is 38.6 Å². The molecule has 0 aromatic rings. The molecule has 4 N–H and O–H groups in total. The normalized spacial score (nSPS) is 40.2. The van der Waals surface area contributed by atoms with E-state index in [2.05, 4.69) is 21.8 Å². The summed E-state index contributed by atoms with van der Waals surface area (Å²) in [6, 6.07) is -0.455. The molecule has 2 fully saturated rings. The highest BCUT2D eigenvalue weighted by atomic mass is 32.2. The first-order valence-electron chi connectivity index (χ1n) is 10.6. The Labute approximate surface area is 186 Å². The van der Waals surface area contributed by atoms with Gasteiger partial charge in [0.15, 0.2) is 0 Å². The third-order valence-electron chi connectivity index (χ3n) is 5.69. The van der Waals surface area contributed by atoms with Crippen molar-refractivity contribution in [1.29, 1.82) is 0 Å². The topological polar surface area (TPSA) is 117 Å². The molecule has 8 nitrogen and oxygen atoms in total. The number of nitrogens with one attached hydrogen (secondary N) is 1. The van der Waals surface area contributed by atoms with E-state index in [1.165, 1.54) is 11.8 Å². The van der Waals surface area contributed by atoms with Crippen molar-refractivity contribution >= 4 is 23.1 Å². The highest BCUT2D eigenvalue weighted by Crippen LogP contribution is 2.33. The number of thioether (sulfide) groups is 1. The average Bonchev–Trinajstić information content (AvgIpc) is 2.70. The molecule has 30 heavy (non-hydrogen) atoms. The number of fused-ring (bicyclic) bond motifs is 2. The zero-order valence-electron chi connectivity index (χ0n) is 18.0. The van der Waals surface area contributed by atoms with E-state index in [-0.39, 0.29) is 5.92 Å². The van der Waals surface area contributed by atoms with Crippen molar-refractivity contribution < 1.29 is 29.3 Å². The summed E-state index contributed by atoms with van der Waals surface area (Å²) in [6.07, 6.45) is 0.210. The number of rotatable bonds is 4. The number of morpholine rings is 1. The summed E-state index contributed by atoms with van der Waals surface area (Å²) in [7, 11) is 0. The summed E-state index contributed by atoms with van der Waals surface area (Å²) >= 11 is 0.0908. The van der Waals surface area contributed by atoms with E-state index in [4.69, 9.17) is 9.47 Å². The van der Waals surface area contributed by atoms with Gasteiger partial charge in [-0.15, -0.1) is 16.5 Å². The lowest BCUT2D eigenvalue weighted by Crippen LogP contribution is -2.63. The van der Waals surface area contributed by atoms with Crippen LogP contribution >= 0.6 is 11.8 Å². The van der Waals surface area contributed by atoms with Gasteiger partial charge in [0, 0.05) is 36.7 Å². The molecular formula is C20H36N2O6S2. The van der Waals surface area contributed by atoms with E-state index in [1.807, 2.05) is 20.8 Å². The predicted molar refractivity (Wildman–Crippen MR) is 118 cm³/mol. The van der Waals surface area contributed by atoms with Gasteiger partial charge in [0.25, 0.3) is 0 Å². The lowest BCUT2D eigenvalue weighted by Gasteiger charge is -2.44. The molecule has 0 aromatic heterocycles. The van der Waals surface area contributed by atoms with Crippen molar-refractivity contribution in [2.45, 2.75) is 67.8 Å². The molecule has 0 aliphatic carbocycles. The van der Waals surface area contributed by atoms with Crippen LogP contribution in [0, 0.1) is 5.92 Å². The van der Waals surface area contributed by atoms with Crippen LogP contribution in [0.1, 0.15) is 27.2 Å². The summed E-state index contributed by atoms with van der Waals surface area (Å²) in [5, 5.41) is 31.5. The zero-order chi connectivity index (χ0) is 21.9. The van der Waals surface area contributed by atoms with E-state index in [9.17, 15) is 19.9 Å². The predicted octanol–water partition coefficient (Wildman–Crippen LogP) is -0.144. The Kier molecular flexibility index (Phi) is 8.93. The summed E-state index contributed by atoms with van der Waals surface area (Å²) < 4.78 is 26.8. The minimum absolute atomic E-state index is 0.248. The van der Waals surface area contributed by atoms with E-state index in [0.29, 0.717) is 6.42 Å². The number of hydrogen-bond acceptors (Lipinski definition) is 9. The zero-order valence-corrected chi connectivity index (χ0v) is 19.6. The molecule has 3 aliphatic rings. The first kappa shape index (κ1) is 24.8. The van der Waals surface area contributed by atoms with Gasteiger partial charge in [-0.3, -0.25) is 4.90 Å². The van der Waals surface area contributed by atoms with Crippen molar-refractivity contribution in [3.63, 3.8) is 0 Å². The van der Waals surface area contributed by atoms with Gasteiger partial charge < -0.3 is 29.3 Å². The van der Waals surface area contributed by atoms with Gasteiger partial charge in [-0.2, -0.15) is 0 Å². The smallest absolute Gasteiger partial charge is 0.136 e. The van der Waals surface area contributed by atoms with Crippen molar-refractivity contribution in [2.24, 2.45) is 5.92 Å². The van der Waals surface area contributed by atoms with Gasteiger partial charge in [-0.1, -0.05) is 12.2 Å². The van der Waals surface area contributed by atoms with Crippen LogP contribution in [0.2, 0.25) is 0 Å². The van der Waals surface area contributed by atoms with Gasteiger partial charge in [0.2, 0.25) is 0 Å². The summed E-state index contributed by atoms with van der Waals surface area (Å²) in [4.78, 5) is 2.37. The maximum absolute atomic E-state index is 12.7. The van der Waals surface area contributed by atoms with E-state index < -0.39 is 52.0 Å². The lowest BCUT2D eigenvalue weighted by atomic mass is 9.93. The Morgan fingerprint density at radius 3 is 2.53 bits per heavy atom. The number of aliphatic hydroxyl groups excluding tert-OH is 3. The van der Waals surface area contributed by atoms with Crippen LogP contribution in [0.25, 0.3) is 0 Å². The van der Waals surface area contributed by atoms with Crippen LogP contribution in [0.3, 0.4) is 0 Å². The second-order valence-electron chi connectivity index (χ2n) is 9.22. The minimum Gasteiger partial charge on any atom is -0.598 e. The van der Waals surface area contributed by atoms with Gasteiger partial charge in [-0.05, 0) is 33.1 Å². The van der Waals surface area contributed by atoms with Crippen molar-refractivity contribution in [1.82, 2.24) is 9.62 Å². The molecule has 0 spiro atoms. The Morgan fingerprint density at radius 2 is 1.87 bits per heavy atom.